The van der Waals surface area contributed by atoms with Gasteiger partial charge >= 0.3 is 0 Å². The number of nitrogens with zero attached hydrogens (tertiary/aromatic N) is 1. The van der Waals surface area contributed by atoms with Gasteiger partial charge in [-0.3, -0.25) is 4.79 Å². The van der Waals surface area contributed by atoms with Gasteiger partial charge < -0.3 is 16.9 Å². The maximum atomic E-state index is 11.7. The van der Waals surface area contributed by atoms with E-state index in [1.165, 1.54) is 6.07 Å². The van der Waals surface area contributed by atoms with Gasteiger partial charge in [0, 0.05) is 32.7 Å². The summed E-state index contributed by atoms with van der Waals surface area (Å²) in [6.45, 7) is 5.21. The summed E-state index contributed by atoms with van der Waals surface area (Å²) in [6.07, 6.45) is 0. The molecule has 1 heterocycles. The zero-order chi connectivity index (χ0) is 10.1. The van der Waals surface area contributed by atoms with Crippen LogP contribution in [0.15, 0.2) is 24.3 Å². The topological polar surface area (TPSA) is 40.5 Å². The zero-order valence-corrected chi connectivity index (χ0v) is 11.2. The van der Waals surface area contributed by atoms with Crippen LogP contribution < -0.4 is 0 Å². The number of para-hydroxylation sites is 1. The molecule has 77 valence electrons. The minimum absolute atomic E-state index is 0. The van der Waals surface area contributed by atoms with Crippen LogP contribution in [0.25, 0.3) is 0 Å². The molecular formula is C11H12NO2Y-. The molecule has 1 amide bonds. The fourth-order valence-electron chi connectivity index (χ4n) is 1.56. The maximum absolute atomic E-state index is 11.7. The predicted octanol–water partition coefficient (Wildman–Crippen LogP) is 1.30. The van der Waals surface area contributed by atoms with Crippen LogP contribution in [0.2, 0.25) is 0 Å². The molecule has 4 heteroatoms. The van der Waals surface area contributed by atoms with Gasteiger partial charge in [-0.25, -0.2) is 0 Å². The normalized spacial score (nSPS) is 15.4. The first-order valence-corrected chi connectivity index (χ1v) is 4.59. The monoisotopic (exact) mass is 279 g/mol. The van der Waals surface area contributed by atoms with Crippen molar-refractivity contribution < 1.29 is 42.6 Å². The second-order valence-electron chi connectivity index (χ2n) is 3.59. The molecule has 0 spiro atoms. The quantitative estimate of drug-likeness (QED) is 0.787. The molecule has 2 rings (SSSR count). The minimum Gasteiger partial charge on any atom is -0.507 e. The average Bonchev–Trinajstić information content (AvgIpc) is 2.13. The van der Waals surface area contributed by atoms with Crippen LogP contribution in [0.5, 0.6) is 5.75 Å². The Labute approximate surface area is 114 Å². The number of aromatic hydroxyl groups is 1. The second kappa shape index (κ2) is 5.08. The van der Waals surface area contributed by atoms with Crippen molar-refractivity contribution in [3.63, 3.8) is 0 Å². The fourth-order valence-corrected chi connectivity index (χ4v) is 1.56. The van der Waals surface area contributed by atoms with Crippen molar-refractivity contribution >= 4 is 5.91 Å². The van der Waals surface area contributed by atoms with Crippen molar-refractivity contribution in [3.05, 3.63) is 36.8 Å². The number of rotatable bonds is 1. The predicted molar refractivity (Wildman–Crippen MR) is 52.9 cm³/mol. The molecule has 0 aromatic heterocycles. The van der Waals surface area contributed by atoms with E-state index in [1.807, 2.05) is 0 Å². The van der Waals surface area contributed by atoms with E-state index < -0.39 is 0 Å². The first-order chi connectivity index (χ1) is 6.68. The summed E-state index contributed by atoms with van der Waals surface area (Å²) in [5, 5.41) is 9.45. The summed E-state index contributed by atoms with van der Waals surface area (Å²) >= 11 is 0. The molecule has 0 atom stereocenters. The SMILES string of the molecule is [CH2-]C1CN(C(=O)c2ccccc2O)C1.[Y]. The number of carbonyl (C=O) groups excluding carboxylic acids is 1. The number of phenolic OH excluding ortho intramolecular Hbond substituents is 1. The van der Waals surface area contributed by atoms with Crippen molar-refractivity contribution in [1.82, 2.24) is 4.90 Å². The van der Waals surface area contributed by atoms with E-state index in [2.05, 4.69) is 6.92 Å². The molecule has 15 heavy (non-hydrogen) atoms. The molecule has 3 nitrogen and oxygen atoms in total. The van der Waals surface area contributed by atoms with Crippen LogP contribution in [-0.4, -0.2) is 29.0 Å². The van der Waals surface area contributed by atoms with Crippen LogP contribution in [0.1, 0.15) is 10.4 Å². The van der Waals surface area contributed by atoms with Gasteiger partial charge in [-0.05, 0) is 25.2 Å². The van der Waals surface area contributed by atoms with Crippen LogP contribution in [-0.2, 0) is 32.7 Å². The van der Waals surface area contributed by atoms with Crippen LogP contribution in [0.4, 0.5) is 0 Å². The Morgan fingerprint density at radius 1 is 1.40 bits per heavy atom. The molecule has 1 aromatic rings. The number of carbonyl (C=O) groups is 1. The maximum Gasteiger partial charge on any atom is 0.257 e. The molecular weight excluding hydrogens is 267 g/mol. The Kier molecular flexibility index (Phi) is 4.29. The van der Waals surface area contributed by atoms with E-state index in [-0.39, 0.29) is 44.4 Å². The second-order valence-corrected chi connectivity index (χ2v) is 3.59. The van der Waals surface area contributed by atoms with Gasteiger partial charge in [0.2, 0.25) is 0 Å². The smallest absolute Gasteiger partial charge is 0.257 e. The molecule has 1 aromatic carbocycles. The van der Waals surface area contributed by atoms with Crippen LogP contribution in [0, 0.1) is 12.8 Å². The number of likely N-dealkylation sites (tertiary alicyclic amines) is 1. The molecule has 1 aliphatic rings. The Hall–Kier alpha value is -0.406. The third-order valence-corrected chi connectivity index (χ3v) is 2.38. The third-order valence-electron chi connectivity index (χ3n) is 2.38. The number of amides is 1. The van der Waals surface area contributed by atoms with Crippen molar-refractivity contribution in [1.29, 1.82) is 0 Å². The Bertz CT molecular complexity index is 361. The molecule has 0 saturated carbocycles. The molecule has 1 saturated heterocycles. The largest absolute Gasteiger partial charge is 0.507 e. The van der Waals surface area contributed by atoms with Gasteiger partial charge in [0.15, 0.2) is 0 Å². The Morgan fingerprint density at radius 3 is 2.53 bits per heavy atom. The summed E-state index contributed by atoms with van der Waals surface area (Å²) in [7, 11) is 0. The van der Waals surface area contributed by atoms with Crippen molar-refractivity contribution in [3.8, 4) is 5.75 Å². The van der Waals surface area contributed by atoms with Gasteiger partial charge in [0.05, 0.1) is 5.56 Å². The zero-order valence-electron chi connectivity index (χ0n) is 8.39. The van der Waals surface area contributed by atoms with E-state index in [0.717, 1.165) is 0 Å². The third kappa shape index (κ3) is 2.58. The van der Waals surface area contributed by atoms with Crippen LogP contribution in [0.3, 0.4) is 0 Å². The van der Waals surface area contributed by atoms with Gasteiger partial charge in [0.25, 0.3) is 5.91 Å². The van der Waals surface area contributed by atoms with E-state index in [0.29, 0.717) is 24.6 Å². The van der Waals surface area contributed by atoms with Crippen molar-refractivity contribution in [2.24, 2.45) is 5.92 Å². The fraction of sp³-hybridized carbons (Fsp3) is 0.273. The summed E-state index contributed by atoms with van der Waals surface area (Å²) in [5.74, 6) is 0.276. The van der Waals surface area contributed by atoms with Crippen molar-refractivity contribution in [2.75, 3.05) is 13.1 Å². The van der Waals surface area contributed by atoms with Crippen molar-refractivity contribution in [2.45, 2.75) is 0 Å². The number of hydrogen-bond donors (Lipinski definition) is 1. The number of hydrogen-bond acceptors (Lipinski definition) is 2. The molecule has 1 N–H and O–H groups in total. The summed E-state index contributed by atoms with van der Waals surface area (Å²) < 4.78 is 0. The summed E-state index contributed by atoms with van der Waals surface area (Å²) in [4.78, 5) is 13.4. The van der Waals surface area contributed by atoms with E-state index in [4.69, 9.17) is 0 Å². The molecule has 1 radical (unpaired) electrons. The van der Waals surface area contributed by atoms with E-state index in [9.17, 15) is 9.90 Å². The molecule has 0 bridgehead atoms. The first-order valence-electron chi connectivity index (χ1n) is 4.59. The summed E-state index contributed by atoms with van der Waals surface area (Å²) in [5.41, 5.74) is 0.374. The molecule has 0 aliphatic carbocycles. The van der Waals surface area contributed by atoms with Gasteiger partial charge in [0.1, 0.15) is 5.75 Å². The summed E-state index contributed by atoms with van der Waals surface area (Å²) in [6, 6.07) is 6.60. The molecule has 0 unspecified atom stereocenters. The number of benzene rings is 1. The van der Waals surface area contributed by atoms with E-state index in [1.54, 1.807) is 23.1 Å². The number of phenols is 1. The molecule has 1 fully saturated rings. The van der Waals surface area contributed by atoms with Crippen LogP contribution >= 0.6 is 0 Å². The first kappa shape index (κ1) is 12.7. The standard InChI is InChI=1S/C11H12NO2.Y/c1-8-6-12(7-8)11(14)9-4-2-3-5-10(9)13;/h2-5,8,13H,1,6-7H2;/q-1;. The minimum atomic E-state index is -0.108. The Morgan fingerprint density at radius 2 is 2.00 bits per heavy atom. The molecule has 1 aliphatic heterocycles. The average molecular weight is 279 g/mol. The van der Waals surface area contributed by atoms with E-state index >= 15 is 0 Å². The van der Waals surface area contributed by atoms with Gasteiger partial charge in [-0.1, -0.05) is 12.1 Å². The van der Waals surface area contributed by atoms with Gasteiger partial charge in [-0.15, -0.1) is 5.92 Å². The van der Waals surface area contributed by atoms with Gasteiger partial charge in [-0.2, -0.15) is 0 Å². The Balaban J connectivity index is 0.00000112.